The Morgan fingerprint density at radius 1 is 0.853 bits per heavy atom. The maximum Gasteiger partial charge on any atom is 0.326 e. The summed E-state index contributed by atoms with van der Waals surface area (Å²) in [5.74, 6) is -1.70. The number of carboxylic acid groups (broad SMARTS) is 1. The predicted octanol–water partition coefficient (Wildman–Crippen LogP) is 4.71. The van der Waals surface area contributed by atoms with Gasteiger partial charge in [0.25, 0.3) is 5.91 Å². The quantitative estimate of drug-likeness (QED) is 0.427. The van der Waals surface area contributed by atoms with E-state index < -0.39 is 17.9 Å². The Morgan fingerprint density at radius 3 is 2.24 bits per heavy atom. The molecule has 0 saturated heterocycles. The van der Waals surface area contributed by atoms with Gasteiger partial charge in [-0.2, -0.15) is 5.26 Å². The fourth-order valence-corrected chi connectivity index (χ4v) is 3.60. The minimum Gasteiger partial charge on any atom is -0.480 e. The van der Waals surface area contributed by atoms with Gasteiger partial charge < -0.3 is 10.4 Å². The zero-order valence-corrected chi connectivity index (χ0v) is 18.2. The summed E-state index contributed by atoms with van der Waals surface area (Å²) in [5.41, 5.74) is 4.70. The first-order chi connectivity index (χ1) is 16.5. The molecule has 1 heterocycles. The molecule has 4 aromatic rings. The Hall–Kier alpha value is -4.76. The number of aromatic nitrogens is 1. The molecule has 34 heavy (non-hydrogen) atoms. The van der Waals surface area contributed by atoms with Gasteiger partial charge in [0.1, 0.15) is 11.7 Å². The molecule has 0 aliphatic carbocycles. The van der Waals surface area contributed by atoms with E-state index in [0.29, 0.717) is 16.8 Å². The number of aliphatic carboxylic acids is 1. The van der Waals surface area contributed by atoms with Crippen LogP contribution in [0.2, 0.25) is 0 Å². The van der Waals surface area contributed by atoms with Gasteiger partial charge in [-0.05, 0) is 41.0 Å². The number of hydrogen-bond acceptors (Lipinski definition) is 4. The smallest absolute Gasteiger partial charge is 0.326 e. The molecule has 6 nitrogen and oxygen atoms in total. The zero-order chi connectivity index (χ0) is 23.9. The summed E-state index contributed by atoms with van der Waals surface area (Å²) in [6, 6.07) is 30.3. The standard InChI is InChI=1S/C28H21N3O3/c29-18-20-6-4-9-23(16-20)24-10-5-11-25(30-24)27(32)31-26(28(33)34)17-19-12-14-22(15-13-19)21-7-2-1-3-8-21/h1-16,26H,17H2,(H,31,32)(H,33,34)/t26-/m0/s1. The molecule has 166 valence electrons. The SMILES string of the molecule is N#Cc1cccc(-c2cccc(C(=O)N[C@@H](Cc3ccc(-c4ccccc4)cc3)C(=O)O)n2)c1. The molecule has 0 aliphatic rings. The number of nitrogens with zero attached hydrogens (tertiary/aromatic N) is 2. The lowest BCUT2D eigenvalue weighted by Crippen LogP contribution is -2.42. The van der Waals surface area contributed by atoms with E-state index in [1.165, 1.54) is 6.07 Å². The van der Waals surface area contributed by atoms with Crippen LogP contribution < -0.4 is 5.32 Å². The number of pyridine rings is 1. The maximum atomic E-state index is 12.8. The molecule has 1 atom stereocenters. The third-order valence-corrected chi connectivity index (χ3v) is 5.37. The number of carbonyl (C=O) groups is 2. The van der Waals surface area contributed by atoms with Crippen molar-refractivity contribution >= 4 is 11.9 Å². The minimum atomic E-state index is -1.13. The van der Waals surface area contributed by atoms with E-state index >= 15 is 0 Å². The molecule has 0 radical (unpaired) electrons. The van der Waals surface area contributed by atoms with Gasteiger partial charge in [-0.3, -0.25) is 4.79 Å². The molecule has 0 saturated carbocycles. The lowest BCUT2D eigenvalue weighted by molar-refractivity contribution is -0.139. The van der Waals surface area contributed by atoms with Crippen LogP contribution in [-0.2, 0) is 11.2 Å². The van der Waals surface area contributed by atoms with Gasteiger partial charge in [0, 0.05) is 12.0 Å². The van der Waals surface area contributed by atoms with E-state index in [2.05, 4.69) is 16.4 Å². The van der Waals surface area contributed by atoms with E-state index in [1.807, 2.05) is 54.6 Å². The molecular formula is C28H21N3O3. The van der Waals surface area contributed by atoms with Crippen molar-refractivity contribution in [1.29, 1.82) is 5.26 Å². The second-order valence-corrected chi connectivity index (χ2v) is 7.73. The van der Waals surface area contributed by atoms with Crippen LogP contribution in [0, 0.1) is 11.3 Å². The number of nitrogens with one attached hydrogen (secondary N) is 1. The van der Waals surface area contributed by atoms with Crippen molar-refractivity contribution in [2.45, 2.75) is 12.5 Å². The Balaban J connectivity index is 1.48. The first kappa shape index (κ1) is 22.4. The van der Waals surface area contributed by atoms with Crippen molar-refractivity contribution in [2.75, 3.05) is 0 Å². The summed E-state index contributed by atoms with van der Waals surface area (Å²) < 4.78 is 0. The topological polar surface area (TPSA) is 103 Å². The highest BCUT2D eigenvalue weighted by Crippen LogP contribution is 2.21. The number of carbonyl (C=O) groups excluding carboxylic acids is 1. The number of amides is 1. The average Bonchev–Trinajstić information content (AvgIpc) is 2.89. The number of benzene rings is 3. The van der Waals surface area contributed by atoms with Crippen molar-refractivity contribution in [2.24, 2.45) is 0 Å². The molecular weight excluding hydrogens is 426 g/mol. The second kappa shape index (κ2) is 10.2. The lowest BCUT2D eigenvalue weighted by atomic mass is 10.0. The fraction of sp³-hybridized carbons (Fsp3) is 0.0714. The monoisotopic (exact) mass is 447 g/mol. The molecule has 0 unspecified atom stereocenters. The molecule has 1 amide bonds. The summed E-state index contributed by atoms with van der Waals surface area (Å²) >= 11 is 0. The summed E-state index contributed by atoms with van der Waals surface area (Å²) in [5, 5.41) is 21.4. The van der Waals surface area contributed by atoms with Crippen molar-refractivity contribution in [3.8, 4) is 28.5 Å². The van der Waals surface area contributed by atoms with Crippen LogP contribution in [0.1, 0.15) is 21.6 Å². The van der Waals surface area contributed by atoms with Crippen molar-refractivity contribution in [3.05, 3.63) is 114 Å². The molecule has 4 rings (SSSR count). The Kier molecular flexibility index (Phi) is 6.76. The molecule has 3 aromatic carbocycles. The molecule has 6 heteroatoms. The number of nitriles is 1. The minimum absolute atomic E-state index is 0.102. The Morgan fingerprint density at radius 2 is 1.53 bits per heavy atom. The van der Waals surface area contributed by atoms with E-state index in [4.69, 9.17) is 5.26 Å². The van der Waals surface area contributed by atoms with Gasteiger partial charge in [0.05, 0.1) is 17.3 Å². The van der Waals surface area contributed by atoms with Crippen LogP contribution in [0.4, 0.5) is 0 Å². The van der Waals surface area contributed by atoms with E-state index in [1.54, 1.807) is 36.4 Å². The van der Waals surface area contributed by atoms with Gasteiger partial charge >= 0.3 is 5.97 Å². The number of carboxylic acids is 1. The van der Waals surface area contributed by atoms with Gasteiger partial charge in [-0.15, -0.1) is 0 Å². The van der Waals surface area contributed by atoms with Gasteiger partial charge in [0.15, 0.2) is 0 Å². The predicted molar refractivity (Wildman–Crippen MR) is 129 cm³/mol. The van der Waals surface area contributed by atoms with Crippen LogP contribution in [-0.4, -0.2) is 28.0 Å². The first-order valence-electron chi connectivity index (χ1n) is 10.7. The van der Waals surface area contributed by atoms with Gasteiger partial charge in [-0.1, -0.05) is 72.8 Å². The summed E-state index contributed by atoms with van der Waals surface area (Å²) in [4.78, 5) is 29.0. The van der Waals surface area contributed by atoms with E-state index in [0.717, 1.165) is 16.7 Å². The highest BCUT2D eigenvalue weighted by atomic mass is 16.4. The first-order valence-corrected chi connectivity index (χ1v) is 10.7. The highest BCUT2D eigenvalue weighted by Gasteiger charge is 2.22. The molecule has 0 spiro atoms. The van der Waals surface area contributed by atoms with Crippen LogP contribution in [0.25, 0.3) is 22.4 Å². The Bertz CT molecular complexity index is 1360. The summed E-state index contributed by atoms with van der Waals surface area (Å²) in [6.07, 6.45) is 0.139. The normalized spacial score (nSPS) is 11.3. The lowest BCUT2D eigenvalue weighted by Gasteiger charge is -2.15. The highest BCUT2D eigenvalue weighted by molar-refractivity contribution is 5.95. The van der Waals surface area contributed by atoms with E-state index in [9.17, 15) is 14.7 Å². The number of hydrogen-bond donors (Lipinski definition) is 2. The third-order valence-electron chi connectivity index (χ3n) is 5.37. The van der Waals surface area contributed by atoms with E-state index in [-0.39, 0.29) is 12.1 Å². The van der Waals surface area contributed by atoms with Crippen LogP contribution in [0.5, 0.6) is 0 Å². The summed E-state index contributed by atoms with van der Waals surface area (Å²) in [7, 11) is 0. The van der Waals surface area contributed by atoms with Crippen LogP contribution in [0.15, 0.2) is 97.1 Å². The molecule has 1 aromatic heterocycles. The largest absolute Gasteiger partial charge is 0.480 e. The van der Waals surface area contributed by atoms with Crippen molar-refractivity contribution in [3.63, 3.8) is 0 Å². The molecule has 2 N–H and O–H groups in total. The molecule has 0 bridgehead atoms. The summed E-state index contributed by atoms with van der Waals surface area (Å²) in [6.45, 7) is 0. The van der Waals surface area contributed by atoms with Crippen LogP contribution >= 0.6 is 0 Å². The van der Waals surface area contributed by atoms with Crippen LogP contribution in [0.3, 0.4) is 0 Å². The molecule has 0 aliphatic heterocycles. The maximum absolute atomic E-state index is 12.8. The van der Waals surface area contributed by atoms with Crippen molar-refractivity contribution in [1.82, 2.24) is 10.3 Å². The molecule has 0 fully saturated rings. The van der Waals surface area contributed by atoms with Gasteiger partial charge in [-0.25, -0.2) is 9.78 Å². The third kappa shape index (κ3) is 5.34. The Labute approximate surface area is 197 Å². The average molecular weight is 447 g/mol. The second-order valence-electron chi connectivity index (χ2n) is 7.73. The van der Waals surface area contributed by atoms with Crippen molar-refractivity contribution < 1.29 is 14.7 Å². The fourth-order valence-electron chi connectivity index (χ4n) is 3.60. The zero-order valence-electron chi connectivity index (χ0n) is 18.2. The van der Waals surface area contributed by atoms with Gasteiger partial charge in [0.2, 0.25) is 0 Å². The number of rotatable bonds is 7.